The molecule has 0 radical (unpaired) electrons. The summed E-state index contributed by atoms with van der Waals surface area (Å²) >= 11 is 0. The van der Waals surface area contributed by atoms with Crippen molar-refractivity contribution in [2.75, 3.05) is 13.2 Å². The lowest BCUT2D eigenvalue weighted by molar-refractivity contribution is -0.138. The van der Waals surface area contributed by atoms with Crippen molar-refractivity contribution in [3.05, 3.63) is 66.2 Å². The van der Waals surface area contributed by atoms with Crippen molar-refractivity contribution in [3.8, 4) is 17.2 Å². The van der Waals surface area contributed by atoms with E-state index < -0.39 is 17.9 Å². The van der Waals surface area contributed by atoms with Gasteiger partial charge in [0.1, 0.15) is 17.2 Å². The fourth-order valence-electron chi connectivity index (χ4n) is 2.29. The maximum Gasteiger partial charge on any atom is 0.343 e. The van der Waals surface area contributed by atoms with E-state index in [1.54, 1.807) is 49.4 Å². The molecule has 0 heterocycles. The molecule has 152 valence electrons. The molecule has 2 aromatic rings. The van der Waals surface area contributed by atoms with Gasteiger partial charge in [0.05, 0.1) is 18.8 Å². The van der Waals surface area contributed by atoms with E-state index in [9.17, 15) is 14.4 Å². The van der Waals surface area contributed by atoms with Crippen molar-refractivity contribution in [1.29, 1.82) is 0 Å². The molecular formula is C22H22O7. The number of carbonyl (C=O) groups is 3. The van der Waals surface area contributed by atoms with Crippen LogP contribution in [0, 0.1) is 6.92 Å². The summed E-state index contributed by atoms with van der Waals surface area (Å²) in [5, 5.41) is 0. The zero-order valence-electron chi connectivity index (χ0n) is 16.3. The topological polar surface area (TPSA) is 88.1 Å². The van der Waals surface area contributed by atoms with Gasteiger partial charge in [-0.25, -0.2) is 9.59 Å². The molecular weight excluding hydrogens is 376 g/mol. The quantitative estimate of drug-likeness (QED) is 0.276. The van der Waals surface area contributed by atoms with Crippen molar-refractivity contribution in [1.82, 2.24) is 0 Å². The minimum Gasteiger partial charge on any atom is -0.493 e. The maximum atomic E-state index is 12.3. The van der Waals surface area contributed by atoms with Gasteiger partial charge in [-0.2, -0.15) is 0 Å². The Balaban J connectivity index is 1.85. The Hall–Kier alpha value is -3.61. The number of esters is 3. The van der Waals surface area contributed by atoms with E-state index in [1.165, 1.54) is 6.92 Å². The normalized spacial score (nSPS) is 10.0. The number of hydrogen-bond donors (Lipinski definition) is 0. The Labute approximate surface area is 168 Å². The molecule has 0 amide bonds. The fraction of sp³-hybridized carbons (Fsp3) is 0.227. The fourth-order valence-corrected chi connectivity index (χ4v) is 2.29. The van der Waals surface area contributed by atoms with Crippen LogP contribution in [-0.4, -0.2) is 31.1 Å². The number of hydrogen-bond acceptors (Lipinski definition) is 7. The molecule has 7 nitrogen and oxygen atoms in total. The van der Waals surface area contributed by atoms with Gasteiger partial charge in [0.25, 0.3) is 0 Å². The van der Waals surface area contributed by atoms with Crippen molar-refractivity contribution >= 4 is 17.9 Å². The lowest BCUT2D eigenvalue weighted by atomic mass is 10.2. The van der Waals surface area contributed by atoms with Gasteiger partial charge in [-0.3, -0.25) is 4.79 Å². The number of aryl methyl sites for hydroxylation is 1. The van der Waals surface area contributed by atoms with Gasteiger partial charge in [0.15, 0.2) is 0 Å². The standard InChI is InChI=1S/C22H22O7/c1-4-21(24)27-13-5-12-26-18-8-6-17(7-9-18)22(25)29-19-10-11-20(15(2)14-19)28-16(3)23/h4,6-11,14H,1,5,12-13H2,2-3H3. The Bertz CT molecular complexity index is 885. The van der Waals surface area contributed by atoms with Crippen LogP contribution in [0.1, 0.15) is 29.3 Å². The van der Waals surface area contributed by atoms with Gasteiger partial charge in [0, 0.05) is 19.4 Å². The Morgan fingerprint density at radius 2 is 1.66 bits per heavy atom. The van der Waals surface area contributed by atoms with Crippen LogP contribution in [0.5, 0.6) is 17.2 Å². The van der Waals surface area contributed by atoms with Crippen LogP contribution < -0.4 is 14.2 Å². The molecule has 2 rings (SSSR count). The van der Waals surface area contributed by atoms with Gasteiger partial charge < -0.3 is 18.9 Å². The summed E-state index contributed by atoms with van der Waals surface area (Å²) in [5.41, 5.74) is 1.03. The zero-order chi connectivity index (χ0) is 21.2. The summed E-state index contributed by atoms with van der Waals surface area (Å²) in [6, 6.07) is 11.2. The van der Waals surface area contributed by atoms with Crippen LogP contribution in [0.2, 0.25) is 0 Å². The Morgan fingerprint density at radius 3 is 2.28 bits per heavy atom. The van der Waals surface area contributed by atoms with Crippen LogP contribution in [0.3, 0.4) is 0 Å². The molecule has 0 N–H and O–H groups in total. The Morgan fingerprint density at radius 1 is 0.966 bits per heavy atom. The van der Waals surface area contributed by atoms with Crippen LogP contribution in [0.25, 0.3) is 0 Å². The maximum absolute atomic E-state index is 12.3. The third-order valence-electron chi connectivity index (χ3n) is 3.67. The van der Waals surface area contributed by atoms with Crippen LogP contribution in [0.4, 0.5) is 0 Å². The minimum atomic E-state index is -0.521. The highest BCUT2D eigenvalue weighted by Crippen LogP contribution is 2.24. The predicted molar refractivity (Wildman–Crippen MR) is 105 cm³/mol. The lowest BCUT2D eigenvalue weighted by Gasteiger charge is -2.09. The second-order valence-corrected chi connectivity index (χ2v) is 6.01. The smallest absolute Gasteiger partial charge is 0.343 e. The molecule has 0 atom stereocenters. The highest BCUT2D eigenvalue weighted by atomic mass is 16.5. The average molecular weight is 398 g/mol. The second-order valence-electron chi connectivity index (χ2n) is 6.01. The summed E-state index contributed by atoms with van der Waals surface area (Å²) in [6.45, 7) is 6.98. The Kier molecular flexibility index (Phi) is 7.97. The van der Waals surface area contributed by atoms with Crippen LogP contribution in [0.15, 0.2) is 55.1 Å². The van der Waals surface area contributed by atoms with Gasteiger partial charge in [-0.15, -0.1) is 0 Å². The summed E-state index contributed by atoms with van der Waals surface area (Å²) in [7, 11) is 0. The van der Waals surface area contributed by atoms with Crippen LogP contribution in [-0.2, 0) is 14.3 Å². The minimum absolute atomic E-state index is 0.241. The van der Waals surface area contributed by atoms with Crippen LogP contribution >= 0.6 is 0 Å². The molecule has 0 unspecified atom stereocenters. The number of rotatable bonds is 9. The van der Waals surface area contributed by atoms with E-state index in [2.05, 4.69) is 6.58 Å². The highest BCUT2D eigenvalue weighted by molar-refractivity contribution is 5.91. The first-order valence-corrected chi connectivity index (χ1v) is 8.92. The molecule has 0 fully saturated rings. The highest BCUT2D eigenvalue weighted by Gasteiger charge is 2.11. The number of carbonyl (C=O) groups excluding carboxylic acids is 3. The molecule has 0 aromatic heterocycles. The molecule has 29 heavy (non-hydrogen) atoms. The van der Waals surface area contributed by atoms with Gasteiger partial charge in [-0.1, -0.05) is 6.58 Å². The van der Waals surface area contributed by atoms with Crippen molar-refractivity contribution in [2.24, 2.45) is 0 Å². The summed E-state index contributed by atoms with van der Waals surface area (Å²) in [4.78, 5) is 34.2. The third-order valence-corrected chi connectivity index (χ3v) is 3.67. The van der Waals surface area contributed by atoms with Crippen molar-refractivity contribution in [3.63, 3.8) is 0 Å². The second kappa shape index (κ2) is 10.7. The molecule has 2 aromatic carbocycles. The van der Waals surface area contributed by atoms with Gasteiger partial charge >= 0.3 is 17.9 Å². The predicted octanol–water partition coefficient (Wildman–Crippen LogP) is 3.64. The number of benzene rings is 2. The average Bonchev–Trinajstić information content (AvgIpc) is 2.69. The molecule has 0 saturated heterocycles. The van der Waals surface area contributed by atoms with E-state index in [-0.39, 0.29) is 6.61 Å². The van der Waals surface area contributed by atoms with Gasteiger partial charge in [-0.05, 0) is 55.0 Å². The molecule has 0 aliphatic heterocycles. The SMILES string of the molecule is C=CC(=O)OCCCOc1ccc(C(=O)Oc2ccc(OC(C)=O)c(C)c2)cc1. The molecule has 0 bridgehead atoms. The van der Waals surface area contributed by atoms with Crippen molar-refractivity contribution in [2.45, 2.75) is 20.3 Å². The molecule has 0 spiro atoms. The molecule has 0 aliphatic carbocycles. The summed E-state index contributed by atoms with van der Waals surface area (Å²) in [6.07, 6.45) is 1.64. The first kappa shape index (κ1) is 21.7. The number of ether oxygens (including phenoxy) is 4. The van der Waals surface area contributed by atoms with E-state index >= 15 is 0 Å². The first-order chi connectivity index (χ1) is 13.9. The van der Waals surface area contributed by atoms with E-state index in [1.807, 2.05) is 0 Å². The lowest BCUT2D eigenvalue weighted by Crippen LogP contribution is -2.09. The van der Waals surface area contributed by atoms with E-state index in [4.69, 9.17) is 18.9 Å². The van der Waals surface area contributed by atoms with E-state index in [0.29, 0.717) is 41.4 Å². The summed E-state index contributed by atoms with van der Waals surface area (Å²) in [5.74, 6) is -0.0661. The largest absolute Gasteiger partial charge is 0.493 e. The zero-order valence-corrected chi connectivity index (χ0v) is 16.3. The van der Waals surface area contributed by atoms with Crippen molar-refractivity contribution < 1.29 is 33.3 Å². The first-order valence-electron chi connectivity index (χ1n) is 8.92. The van der Waals surface area contributed by atoms with Gasteiger partial charge in [0.2, 0.25) is 0 Å². The summed E-state index contributed by atoms with van der Waals surface area (Å²) < 4.78 is 20.8. The van der Waals surface area contributed by atoms with E-state index in [0.717, 1.165) is 6.08 Å². The third kappa shape index (κ3) is 7.14. The molecule has 7 heteroatoms. The molecule has 0 saturated carbocycles. The molecule has 0 aliphatic rings. The monoisotopic (exact) mass is 398 g/mol.